The van der Waals surface area contributed by atoms with Gasteiger partial charge < -0.3 is 15.0 Å². The van der Waals surface area contributed by atoms with Crippen molar-refractivity contribution in [1.29, 1.82) is 0 Å². The van der Waals surface area contributed by atoms with E-state index in [1.165, 1.54) is 0 Å². The number of hydrogen-bond donors (Lipinski definition) is 1. The molecular weight excluding hydrogens is 216 g/mol. The van der Waals surface area contributed by atoms with E-state index < -0.39 is 0 Å². The number of nitrogens with one attached hydrogen (secondary N) is 1. The molecule has 0 aliphatic carbocycles. The van der Waals surface area contributed by atoms with Gasteiger partial charge in [0.2, 0.25) is 5.91 Å². The highest BCUT2D eigenvalue weighted by atomic mass is 16.5. The molecule has 1 amide bonds. The number of carbonyl (C=O) groups excluding carboxylic acids is 1. The van der Waals surface area contributed by atoms with Gasteiger partial charge in [0.25, 0.3) is 0 Å². The zero-order chi connectivity index (χ0) is 12.8. The molecular formula is C13H26N2O2. The molecule has 2 unspecified atom stereocenters. The number of nitrogens with zero attached hydrogens (tertiary/aromatic N) is 1. The van der Waals surface area contributed by atoms with Crippen LogP contribution in [0.3, 0.4) is 0 Å². The van der Waals surface area contributed by atoms with Crippen molar-refractivity contribution in [3.8, 4) is 0 Å². The van der Waals surface area contributed by atoms with Gasteiger partial charge in [0, 0.05) is 38.7 Å². The van der Waals surface area contributed by atoms with Crippen LogP contribution in [0.25, 0.3) is 0 Å². The first-order chi connectivity index (χ1) is 8.04. The molecule has 0 aromatic carbocycles. The maximum atomic E-state index is 11.5. The first-order valence-corrected chi connectivity index (χ1v) is 6.57. The predicted octanol–water partition coefficient (Wildman–Crippen LogP) is 1.26. The fourth-order valence-corrected chi connectivity index (χ4v) is 2.26. The number of rotatable bonds is 7. The van der Waals surface area contributed by atoms with E-state index in [1.54, 1.807) is 7.11 Å². The molecule has 4 nitrogen and oxygen atoms in total. The number of hydrogen-bond acceptors (Lipinski definition) is 3. The topological polar surface area (TPSA) is 41.6 Å². The average Bonchev–Trinajstić information content (AvgIpc) is 2.63. The van der Waals surface area contributed by atoms with E-state index in [-0.39, 0.29) is 0 Å². The maximum Gasteiger partial charge on any atom is 0.222 e. The molecule has 1 aliphatic rings. The maximum absolute atomic E-state index is 11.5. The van der Waals surface area contributed by atoms with Crippen LogP contribution in [-0.2, 0) is 9.53 Å². The minimum absolute atomic E-state index is 0.298. The van der Waals surface area contributed by atoms with Gasteiger partial charge in [-0.25, -0.2) is 0 Å². The second-order valence-electron chi connectivity index (χ2n) is 5.32. The molecule has 1 N–H and O–H groups in total. The Balaban J connectivity index is 2.36. The standard InChI is InChI=1S/C13H26N2O2/c1-10(2)12(9-17-4)14-11(3)8-15-7-5-6-13(15)16/h10-12,14H,5-9H2,1-4H3. The third kappa shape index (κ3) is 4.64. The zero-order valence-electron chi connectivity index (χ0n) is 11.5. The van der Waals surface area contributed by atoms with E-state index >= 15 is 0 Å². The van der Waals surface area contributed by atoms with Crippen LogP contribution in [0.1, 0.15) is 33.6 Å². The Kier molecular flexibility index (Phi) is 5.92. The van der Waals surface area contributed by atoms with Gasteiger partial charge in [-0.2, -0.15) is 0 Å². The minimum Gasteiger partial charge on any atom is -0.383 e. The molecule has 2 atom stereocenters. The van der Waals surface area contributed by atoms with Gasteiger partial charge in [-0.3, -0.25) is 4.79 Å². The van der Waals surface area contributed by atoms with Gasteiger partial charge in [0.15, 0.2) is 0 Å². The summed E-state index contributed by atoms with van der Waals surface area (Å²) in [6, 6.07) is 0.673. The third-order valence-electron chi connectivity index (χ3n) is 3.32. The fraction of sp³-hybridized carbons (Fsp3) is 0.923. The summed E-state index contributed by atoms with van der Waals surface area (Å²) in [4.78, 5) is 13.5. The summed E-state index contributed by atoms with van der Waals surface area (Å²) >= 11 is 0. The molecule has 17 heavy (non-hydrogen) atoms. The largest absolute Gasteiger partial charge is 0.383 e. The van der Waals surface area contributed by atoms with Crippen molar-refractivity contribution in [2.45, 2.75) is 45.7 Å². The van der Waals surface area contributed by atoms with Crippen LogP contribution >= 0.6 is 0 Å². The fourth-order valence-electron chi connectivity index (χ4n) is 2.26. The number of likely N-dealkylation sites (tertiary alicyclic amines) is 1. The molecule has 0 aromatic heterocycles. The molecule has 0 spiro atoms. The van der Waals surface area contributed by atoms with Crippen molar-refractivity contribution < 1.29 is 9.53 Å². The van der Waals surface area contributed by atoms with Gasteiger partial charge in [0.1, 0.15) is 0 Å². The summed E-state index contributed by atoms with van der Waals surface area (Å²) in [5.74, 6) is 0.832. The molecule has 1 rings (SSSR count). The first-order valence-electron chi connectivity index (χ1n) is 6.57. The normalized spacial score (nSPS) is 20.1. The molecule has 1 saturated heterocycles. The second kappa shape index (κ2) is 6.97. The monoisotopic (exact) mass is 242 g/mol. The molecule has 4 heteroatoms. The van der Waals surface area contributed by atoms with Gasteiger partial charge in [-0.15, -0.1) is 0 Å². The van der Waals surface area contributed by atoms with Crippen molar-refractivity contribution in [3.05, 3.63) is 0 Å². The van der Waals surface area contributed by atoms with Crippen molar-refractivity contribution in [2.75, 3.05) is 26.8 Å². The smallest absolute Gasteiger partial charge is 0.222 e. The second-order valence-corrected chi connectivity index (χ2v) is 5.32. The summed E-state index contributed by atoms with van der Waals surface area (Å²) in [7, 11) is 1.73. The van der Waals surface area contributed by atoms with E-state index in [0.29, 0.717) is 23.9 Å². The van der Waals surface area contributed by atoms with E-state index in [4.69, 9.17) is 4.74 Å². The molecule has 0 bridgehead atoms. The Morgan fingerprint density at radius 1 is 1.41 bits per heavy atom. The van der Waals surface area contributed by atoms with Crippen LogP contribution in [0.4, 0.5) is 0 Å². The Morgan fingerprint density at radius 3 is 2.59 bits per heavy atom. The van der Waals surface area contributed by atoms with E-state index in [2.05, 4.69) is 26.1 Å². The molecule has 0 saturated carbocycles. The summed E-state index contributed by atoms with van der Waals surface area (Å²) in [5.41, 5.74) is 0. The molecule has 100 valence electrons. The Hall–Kier alpha value is -0.610. The zero-order valence-corrected chi connectivity index (χ0v) is 11.5. The quantitative estimate of drug-likeness (QED) is 0.731. The predicted molar refractivity (Wildman–Crippen MR) is 68.9 cm³/mol. The molecule has 0 radical (unpaired) electrons. The lowest BCUT2D eigenvalue weighted by Crippen LogP contribution is -2.48. The van der Waals surface area contributed by atoms with Crippen molar-refractivity contribution in [2.24, 2.45) is 5.92 Å². The summed E-state index contributed by atoms with van der Waals surface area (Å²) < 4.78 is 5.21. The highest BCUT2D eigenvalue weighted by molar-refractivity contribution is 5.78. The molecule has 1 fully saturated rings. The van der Waals surface area contributed by atoms with Crippen LogP contribution in [-0.4, -0.2) is 49.7 Å². The van der Waals surface area contributed by atoms with Crippen molar-refractivity contribution in [3.63, 3.8) is 0 Å². The highest BCUT2D eigenvalue weighted by Crippen LogP contribution is 2.11. The lowest BCUT2D eigenvalue weighted by atomic mass is 10.0. The van der Waals surface area contributed by atoms with Crippen LogP contribution in [0.15, 0.2) is 0 Å². The third-order valence-corrected chi connectivity index (χ3v) is 3.32. The van der Waals surface area contributed by atoms with E-state index in [9.17, 15) is 4.79 Å². The van der Waals surface area contributed by atoms with Crippen LogP contribution in [0.5, 0.6) is 0 Å². The average molecular weight is 242 g/mol. The van der Waals surface area contributed by atoms with Crippen LogP contribution in [0.2, 0.25) is 0 Å². The van der Waals surface area contributed by atoms with Gasteiger partial charge in [-0.1, -0.05) is 13.8 Å². The molecule has 1 aliphatic heterocycles. The first kappa shape index (κ1) is 14.5. The van der Waals surface area contributed by atoms with Crippen molar-refractivity contribution in [1.82, 2.24) is 10.2 Å². The Labute approximate surface area is 105 Å². The molecule has 0 aromatic rings. The summed E-state index contributed by atoms with van der Waals surface area (Å²) in [6.07, 6.45) is 1.73. The van der Waals surface area contributed by atoms with Crippen molar-refractivity contribution >= 4 is 5.91 Å². The number of carbonyl (C=O) groups is 1. The van der Waals surface area contributed by atoms with E-state index in [1.807, 2.05) is 4.90 Å². The minimum atomic E-state index is 0.298. The summed E-state index contributed by atoms with van der Waals surface area (Å²) in [6.45, 7) is 8.95. The SMILES string of the molecule is COCC(NC(C)CN1CCCC1=O)C(C)C. The van der Waals surface area contributed by atoms with E-state index in [0.717, 1.165) is 32.5 Å². The number of amides is 1. The highest BCUT2D eigenvalue weighted by Gasteiger charge is 2.23. The number of methoxy groups -OCH3 is 1. The van der Waals surface area contributed by atoms with Gasteiger partial charge >= 0.3 is 0 Å². The Morgan fingerprint density at radius 2 is 2.12 bits per heavy atom. The van der Waals surface area contributed by atoms with Crippen LogP contribution < -0.4 is 5.32 Å². The van der Waals surface area contributed by atoms with Gasteiger partial charge in [0.05, 0.1) is 6.61 Å². The summed E-state index contributed by atoms with van der Waals surface area (Å²) in [5, 5.41) is 3.55. The molecule has 1 heterocycles. The lowest BCUT2D eigenvalue weighted by molar-refractivity contribution is -0.128. The lowest BCUT2D eigenvalue weighted by Gasteiger charge is -2.28. The number of ether oxygens (including phenoxy) is 1. The Bertz CT molecular complexity index is 244. The van der Waals surface area contributed by atoms with Gasteiger partial charge in [-0.05, 0) is 19.3 Å². The van der Waals surface area contributed by atoms with Crippen LogP contribution in [0, 0.1) is 5.92 Å².